The highest BCUT2D eigenvalue weighted by molar-refractivity contribution is 5.85. The quantitative estimate of drug-likeness (QED) is 0.579. The number of rotatable bonds is 4. The minimum absolute atomic E-state index is 0. The minimum Gasteiger partial charge on any atom is -0.393 e. The van der Waals surface area contributed by atoms with E-state index in [1.165, 1.54) is 0 Å². The summed E-state index contributed by atoms with van der Waals surface area (Å²) < 4.78 is 0. The molecule has 0 aliphatic carbocycles. The van der Waals surface area contributed by atoms with E-state index < -0.39 is 0 Å². The highest BCUT2D eigenvalue weighted by Crippen LogP contribution is 2.30. The number of nitrogens with two attached hydrogens (primary N) is 3. The Labute approximate surface area is 146 Å². The molecule has 3 rings (SSSR count). The van der Waals surface area contributed by atoms with Gasteiger partial charge in [-0.15, -0.1) is 12.4 Å². The first-order chi connectivity index (χ1) is 11.1. The van der Waals surface area contributed by atoms with Crippen LogP contribution in [0.4, 0.5) is 23.3 Å². The maximum atomic E-state index is 5.99. The van der Waals surface area contributed by atoms with Crippen LogP contribution in [0.3, 0.4) is 0 Å². The second kappa shape index (κ2) is 7.52. The Bertz CT molecular complexity index is 755. The molecule has 24 heavy (non-hydrogen) atoms. The van der Waals surface area contributed by atoms with Crippen molar-refractivity contribution in [3.05, 3.63) is 71.8 Å². The van der Waals surface area contributed by atoms with Crippen LogP contribution in [0.5, 0.6) is 0 Å². The molecule has 0 atom stereocenters. The average Bonchev–Trinajstić information content (AvgIpc) is 2.58. The van der Waals surface area contributed by atoms with E-state index in [1.807, 2.05) is 60.7 Å². The molecule has 0 bridgehead atoms. The molecular weight excluding hydrogens is 324 g/mol. The van der Waals surface area contributed by atoms with Crippen molar-refractivity contribution in [3.63, 3.8) is 0 Å². The van der Waals surface area contributed by atoms with Crippen LogP contribution in [-0.4, -0.2) is 9.97 Å². The van der Waals surface area contributed by atoms with Crippen molar-refractivity contribution >= 4 is 35.7 Å². The topological polar surface area (TPSA) is 116 Å². The Morgan fingerprint density at radius 3 is 1.75 bits per heavy atom. The molecule has 7 N–H and O–H groups in total. The standard InChI is InChI=1S/C17H18N6.ClH/c18-13-15(19)22-17(20)23-16(13)21-14(11-7-3-1-4-8-11)12-9-5-2-6-10-12;/h1-10,14H,18H2,(H5,19,20,21,22,23);1H. The molecule has 1 aromatic heterocycles. The Hall–Kier alpha value is -2.99. The third-order valence-electron chi connectivity index (χ3n) is 3.54. The lowest BCUT2D eigenvalue weighted by molar-refractivity contribution is 0.926. The van der Waals surface area contributed by atoms with Gasteiger partial charge in [-0.05, 0) is 11.1 Å². The van der Waals surface area contributed by atoms with Crippen molar-refractivity contribution in [3.8, 4) is 0 Å². The molecule has 1 heterocycles. The zero-order valence-electron chi connectivity index (χ0n) is 12.9. The molecular formula is C17H19ClN6. The van der Waals surface area contributed by atoms with Gasteiger partial charge in [-0.1, -0.05) is 60.7 Å². The Balaban J connectivity index is 0.00000208. The maximum Gasteiger partial charge on any atom is 0.224 e. The summed E-state index contributed by atoms with van der Waals surface area (Å²) in [5.41, 5.74) is 19.9. The summed E-state index contributed by atoms with van der Waals surface area (Å²) in [7, 11) is 0. The van der Waals surface area contributed by atoms with E-state index in [0.717, 1.165) is 11.1 Å². The SMILES string of the molecule is Cl.Nc1nc(N)c(N)c(NC(c2ccccc2)c2ccccc2)n1. The third-order valence-corrected chi connectivity index (χ3v) is 3.54. The van der Waals surface area contributed by atoms with Gasteiger partial charge < -0.3 is 22.5 Å². The number of aromatic nitrogens is 2. The van der Waals surface area contributed by atoms with Gasteiger partial charge in [0.2, 0.25) is 5.95 Å². The average molecular weight is 343 g/mol. The number of nitrogens with zero attached hydrogens (tertiary/aromatic N) is 2. The molecule has 0 aliphatic heterocycles. The summed E-state index contributed by atoms with van der Waals surface area (Å²) in [5.74, 6) is 0.673. The molecule has 0 unspecified atom stereocenters. The van der Waals surface area contributed by atoms with E-state index in [0.29, 0.717) is 5.82 Å². The van der Waals surface area contributed by atoms with Gasteiger partial charge in [0.05, 0.1) is 6.04 Å². The molecule has 0 fully saturated rings. The van der Waals surface area contributed by atoms with Gasteiger partial charge in [-0.3, -0.25) is 0 Å². The van der Waals surface area contributed by atoms with E-state index in [1.54, 1.807) is 0 Å². The molecule has 0 saturated heterocycles. The summed E-state index contributed by atoms with van der Waals surface area (Å²) in [6.07, 6.45) is 0. The molecule has 3 aromatic rings. The molecule has 0 saturated carbocycles. The second-order valence-electron chi connectivity index (χ2n) is 5.13. The number of nitrogens with one attached hydrogen (secondary N) is 1. The molecule has 7 heteroatoms. The molecule has 0 amide bonds. The van der Waals surface area contributed by atoms with Gasteiger partial charge in [0, 0.05) is 0 Å². The van der Waals surface area contributed by atoms with E-state index in [-0.39, 0.29) is 35.9 Å². The van der Waals surface area contributed by atoms with Crippen LogP contribution >= 0.6 is 12.4 Å². The first-order valence-corrected chi connectivity index (χ1v) is 7.20. The third kappa shape index (κ3) is 3.67. The zero-order valence-corrected chi connectivity index (χ0v) is 13.7. The summed E-state index contributed by atoms with van der Waals surface area (Å²) >= 11 is 0. The minimum atomic E-state index is -0.131. The van der Waals surface area contributed by atoms with Crippen LogP contribution in [0, 0.1) is 0 Å². The first-order valence-electron chi connectivity index (χ1n) is 7.20. The van der Waals surface area contributed by atoms with Crippen LogP contribution in [-0.2, 0) is 0 Å². The summed E-state index contributed by atoms with van der Waals surface area (Å²) in [5, 5.41) is 3.33. The smallest absolute Gasteiger partial charge is 0.224 e. The maximum absolute atomic E-state index is 5.99. The fraction of sp³-hybridized carbons (Fsp3) is 0.0588. The first kappa shape index (κ1) is 17.4. The number of benzene rings is 2. The van der Waals surface area contributed by atoms with Crippen molar-refractivity contribution < 1.29 is 0 Å². The largest absolute Gasteiger partial charge is 0.393 e. The van der Waals surface area contributed by atoms with Gasteiger partial charge in [-0.25, -0.2) is 0 Å². The monoisotopic (exact) mass is 342 g/mol. The van der Waals surface area contributed by atoms with Crippen LogP contribution in [0.1, 0.15) is 17.2 Å². The van der Waals surface area contributed by atoms with Gasteiger partial charge >= 0.3 is 0 Å². The van der Waals surface area contributed by atoms with Crippen molar-refractivity contribution in [2.24, 2.45) is 0 Å². The summed E-state index contributed by atoms with van der Waals surface area (Å²) in [4.78, 5) is 8.04. The van der Waals surface area contributed by atoms with Crippen molar-refractivity contribution in [2.45, 2.75) is 6.04 Å². The van der Waals surface area contributed by atoms with Crippen molar-refractivity contribution in [1.82, 2.24) is 9.97 Å². The van der Waals surface area contributed by atoms with Crippen molar-refractivity contribution in [2.75, 3.05) is 22.5 Å². The number of hydrogen-bond donors (Lipinski definition) is 4. The number of halogens is 1. The van der Waals surface area contributed by atoms with Crippen LogP contribution in [0.15, 0.2) is 60.7 Å². The van der Waals surface area contributed by atoms with E-state index in [9.17, 15) is 0 Å². The predicted octanol–water partition coefficient (Wildman–Crippen LogP) is 2.85. The Kier molecular flexibility index (Phi) is 5.44. The molecule has 0 spiro atoms. The Morgan fingerprint density at radius 1 is 0.750 bits per heavy atom. The highest BCUT2D eigenvalue weighted by atomic mass is 35.5. The van der Waals surface area contributed by atoms with E-state index >= 15 is 0 Å². The van der Waals surface area contributed by atoms with Crippen molar-refractivity contribution in [1.29, 1.82) is 0 Å². The van der Waals surface area contributed by atoms with Gasteiger partial charge in [0.15, 0.2) is 11.6 Å². The number of anilines is 4. The normalized spacial score (nSPS) is 10.2. The number of nitrogen functional groups attached to an aromatic ring is 3. The highest BCUT2D eigenvalue weighted by Gasteiger charge is 2.17. The second-order valence-corrected chi connectivity index (χ2v) is 5.13. The van der Waals surface area contributed by atoms with Crippen LogP contribution in [0.2, 0.25) is 0 Å². The number of hydrogen-bond acceptors (Lipinski definition) is 6. The molecule has 6 nitrogen and oxygen atoms in total. The molecule has 0 aliphatic rings. The molecule has 0 radical (unpaired) electrons. The summed E-state index contributed by atoms with van der Waals surface area (Å²) in [6.45, 7) is 0. The molecule has 2 aromatic carbocycles. The van der Waals surface area contributed by atoms with Crippen LogP contribution < -0.4 is 22.5 Å². The lowest BCUT2D eigenvalue weighted by atomic mass is 9.99. The van der Waals surface area contributed by atoms with Gasteiger partial charge in [-0.2, -0.15) is 9.97 Å². The lowest BCUT2D eigenvalue weighted by Crippen LogP contribution is -2.16. The molecule has 124 valence electrons. The van der Waals surface area contributed by atoms with Gasteiger partial charge in [0.1, 0.15) is 5.69 Å². The predicted molar refractivity (Wildman–Crippen MR) is 101 cm³/mol. The van der Waals surface area contributed by atoms with Crippen LogP contribution in [0.25, 0.3) is 0 Å². The van der Waals surface area contributed by atoms with Gasteiger partial charge in [0.25, 0.3) is 0 Å². The van der Waals surface area contributed by atoms with E-state index in [4.69, 9.17) is 17.2 Å². The summed E-state index contributed by atoms with van der Waals surface area (Å²) in [6, 6.07) is 19.9. The van der Waals surface area contributed by atoms with E-state index in [2.05, 4.69) is 15.3 Å². The Morgan fingerprint density at radius 2 is 1.25 bits per heavy atom. The zero-order chi connectivity index (χ0) is 16.2. The fourth-order valence-corrected chi connectivity index (χ4v) is 2.40. The lowest BCUT2D eigenvalue weighted by Gasteiger charge is -2.21. The fourth-order valence-electron chi connectivity index (χ4n) is 2.40.